The van der Waals surface area contributed by atoms with Crippen LogP contribution in [-0.4, -0.2) is 28.2 Å². The molecule has 0 atom stereocenters. The van der Waals surface area contributed by atoms with E-state index in [1.54, 1.807) is 0 Å². The third-order valence-corrected chi connectivity index (χ3v) is 4.55. The van der Waals surface area contributed by atoms with Crippen LogP contribution in [0.1, 0.15) is 5.56 Å². The van der Waals surface area contributed by atoms with Gasteiger partial charge in [0.25, 0.3) is 10.0 Å². The van der Waals surface area contributed by atoms with E-state index in [-0.39, 0.29) is 20.0 Å². The average molecular weight is 336 g/mol. The average Bonchev–Trinajstić information content (AvgIpc) is 2.80. The van der Waals surface area contributed by atoms with Gasteiger partial charge in [-0.3, -0.25) is 4.72 Å². The fourth-order valence-corrected chi connectivity index (χ4v) is 3.40. The van der Waals surface area contributed by atoms with Crippen LogP contribution in [0.3, 0.4) is 0 Å². The standard InChI is InChI=1S/C8H6ClN5O2S3/c9-6-3-4(1-2-5(6)7(10)17)19(15,16)12-8-11-13-14-18-8/h1-3H,(H2,10,17)(H,11,12,14). The Bertz CT molecular complexity index is 716. The quantitative estimate of drug-likeness (QED) is 0.802. The van der Waals surface area contributed by atoms with Gasteiger partial charge in [0.1, 0.15) is 4.99 Å². The molecule has 3 N–H and O–H groups in total. The van der Waals surface area contributed by atoms with E-state index in [2.05, 4.69) is 19.5 Å². The summed E-state index contributed by atoms with van der Waals surface area (Å²) < 4.78 is 29.7. The molecular formula is C8H6ClN5O2S3. The molecule has 1 aromatic carbocycles. The van der Waals surface area contributed by atoms with Crippen molar-refractivity contribution in [1.82, 2.24) is 14.8 Å². The molecule has 0 bridgehead atoms. The van der Waals surface area contributed by atoms with Crippen molar-refractivity contribution in [3.8, 4) is 0 Å². The third-order valence-electron chi connectivity index (χ3n) is 2.04. The highest BCUT2D eigenvalue weighted by atomic mass is 35.5. The molecular weight excluding hydrogens is 330 g/mol. The van der Waals surface area contributed by atoms with Gasteiger partial charge >= 0.3 is 0 Å². The Hall–Kier alpha value is -1.36. The number of nitrogens with zero attached hydrogens (tertiary/aromatic N) is 3. The second kappa shape index (κ2) is 5.33. The molecule has 0 aliphatic rings. The van der Waals surface area contributed by atoms with Gasteiger partial charge in [-0.05, 0) is 23.4 Å². The van der Waals surface area contributed by atoms with Crippen LogP contribution in [0, 0.1) is 0 Å². The monoisotopic (exact) mass is 335 g/mol. The largest absolute Gasteiger partial charge is 0.389 e. The lowest BCUT2D eigenvalue weighted by Crippen LogP contribution is -2.14. The number of hydrogen-bond acceptors (Lipinski definition) is 7. The molecule has 2 aromatic rings. The summed E-state index contributed by atoms with van der Waals surface area (Å²) in [5.74, 6) is 0. The van der Waals surface area contributed by atoms with Gasteiger partial charge in [-0.25, -0.2) is 8.42 Å². The Morgan fingerprint density at radius 3 is 2.74 bits per heavy atom. The molecule has 0 aliphatic carbocycles. The van der Waals surface area contributed by atoms with Crippen LogP contribution in [0.2, 0.25) is 5.02 Å². The Morgan fingerprint density at radius 2 is 2.21 bits per heavy atom. The summed E-state index contributed by atoms with van der Waals surface area (Å²) in [7, 11) is -3.80. The number of sulfonamides is 1. The maximum absolute atomic E-state index is 12.0. The lowest BCUT2D eigenvalue weighted by atomic mass is 10.2. The van der Waals surface area contributed by atoms with E-state index in [1.807, 2.05) is 0 Å². The number of rotatable bonds is 4. The van der Waals surface area contributed by atoms with Gasteiger partial charge in [0.05, 0.1) is 9.92 Å². The predicted molar refractivity (Wildman–Crippen MR) is 75.9 cm³/mol. The first kappa shape index (κ1) is 14.1. The van der Waals surface area contributed by atoms with E-state index in [0.29, 0.717) is 5.56 Å². The van der Waals surface area contributed by atoms with Crippen molar-refractivity contribution in [2.45, 2.75) is 4.90 Å². The highest BCUT2D eigenvalue weighted by molar-refractivity contribution is 7.93. The zero-order valence-electron chi connectivity index (χ0n) is 9.07. The zero-order valence-corrected chi connectivity index (χ0v) is 12.3. The molecule has 7 nitrogen and oxygen atoms in total. The van der Waals surface area contributed by atoms with Gasteiger partial charge in [0.15, 0.2) is 0 Å². The SMILES string of the molecule is NC(=S)c1ccc(S(=O)(=O)Nc2nnns2)cc1Cl. The molecule has 1 heterocycles. The lowest BCUT2D eigenvalue weighted by molar-refractivity contribution is 0.601. The Kier molecular flexibility index (Phi) is 3.94. The minimum absolute atomic E-state index is 0.0345. The number of benzene rings is 1. The number of halogens is 1. The molecule has 19 heavy (non-hydrogen) atoms. The van der Waals surface area contributed by atoms with Gasteiger partial charge in [-0.2, -0.15) is 0 Å². The minimum atomic E-state index is -3.80. The molecule has 0 amide bonds. The Labute approximate surface area is 123 Å². The number of thiocarbonyl (C=S) groups is 1. The maximum atomic E-state index is 12.0. The third kappa shape index (κ3) is 3.15. The van der Waals surface area contributed by atoms with Crippen molar-refractivity contribution >= 4 is 55.5 Å². The van der Waals surface area contributed by atoms with Crippen molar-refractivity contribution in [3.05, 3.63) is 28.8 Å². The van der Waals surface area contributed by atoms with Gasteiger partial charge < -0.3 is 5.73 Å². The molecule has 0 unspecified atom stereocenters. The second-order valence-electron chi connectivity index (χ2n) is 3.28. The fraction of sp³-hybridized carbons (Fsp3) is 0. The van der Waals surface area contributed by atoms with Crippen LogP contribution >= 0.6 is 35.4 Å². The van der Waals surface area contributed by atoms with Gasteiger partial charge in [-0.1, -0.05) is 33.4 Å². The summed E-state index contributed by atoms with van der Waals surface area (Å²) in [6, 6.07) is 4.04. The van der Waals surface area contributed by atoms with Crippen LogP contribution in [0.5, 0.6) is 0 Å². The van der Waals surface area contributed by atoms with Gasteiger partial charge in [0, 0.05) is 17.1 Å². The van der Waals surface area contributed by atoms with Crippen LogP contribution in [-0.2, 0) is 10.0 Å². The topological polar surface area (TPSA) is 111 Å². The van der Waals surface area contributed by atoms with E-state index in [1.165, 1.54) is 18.2 Å². The van der Waals surface area contributed by atoms with Crippen molar-refractivity contribution in [2.24, 2.45) is 5.73 Å². The van der Waals surface area contributed by atoms with Gasteiger partial charge in [0.2, 0.25) is 5.13 Å². The first-order chi connectivity index (χ1) is 8.90. The smallest absolute Gasteiger partial charge is 0.263 e. The summed E-state index contributed by atoms with van der Waals surface area (Å²) in [5.41, 5.74) is 5.85. The van der Waals surface area contributed by atoms with E-state index in [0.717, 1.165) is 11.5 Å². The van der Waals surface area contributed by atoms with Crippen LogP contribution in [0.15, 0.2) is 23.1 Å². The van der Waals surface area contributed by atoms with Crippen LogP contribution in [0.4, 0.5) is 5.13 Å². The molecule has 0 saturated heterocycles. The molecule has 0 saturated carbocycles. The highest BCUT2D eigenvalue weighted by Crippen LogP contribution is 2.22. The molecule has 0 spiro atoms. The van der Waals surface area contributed by atoms with Crippen LogP contribution < -0.4 is 10.5 Å². The summed E-state index contributed by atoms with van der Waals surface area (Å²) in [6.45, 7) is 0. The van der Waals surface area contributed by atoms with Crippen molar-refractivity contribution in [3.63, 3.8) is 0 Å². The summed E-state index contributed by atoms with van der Waals surface area (Å²) in [4.78, 5) is 0.0583. The van der Waals surface area contributed by atoms with E-state index < -0.39 is 10.0 Å². The second-order valence-corrected chi connectivity index (χ2v) is 6.54. The summed E-state index contributed by atoms with van der Waals surface area (Å²) in [5, 5.41) is 7.00. The molecule has 0 radical (unpaired) electrons. The van der Waals surface area contributed by atoms with Crippen molar-refractivity contribution in [2.75, 3.05) is 4.72 Å². The molecule has 11 heteroatoms. The number of aromatic nitrogens is 3. The highest BCUT2D eigenvalue weighted by Gasteiger charge is 2.18. The summed E-state index contributed by atoms with van der Waals surface area (Å²) >= 11 is 11.5. The molecule has 0 fully saturated rings. The van der Waals surface area contributed by atoms with Crippen molar-refractivity contribution in [1.29, 1.82) is 0 Å². The number of anilines is 1. The zero-order chi connectivity index (χ0) is 14.0. The predicted octanol–water partition coefficient (Wildman–Crippen LogP) is 1.02. The Balaban J connectivity index is 2.36. The van der Waals surface area contributed by atoms with E-state index >= 15 is 0 Å². The van der Waals surface area contributed by atoms with Crippen molar-refractivity contribution < 1.29 is 8.42 Å². The first-order valence-corrected chi connectivity index (χ1v) is 7.71. The molecule has 2 rings (SSSR count). The van der Waals surface area contributed by atoms with Crippen LogP contribution in [0.25, 0.3) is 0 Å². The molecule has 0 aliphatic heterocycles. The minimum Gasteiger partial charge on any atom is -0.389 e. The summed E-state index contributed by atoms with van der Waals surface area (Å²) in [6.07, 6.45) is 0. The van der Waals surface area contributed by atoms with E-state index in [4.69, 9.17) is 29.6 Å². The fourth-order valence-electron chi connectivity index (χ4n) is 1.21. The van der Waals surface area contributed by atoms with E-state index in [9.17, 15) is 8.42 Å². The maximum Gasteiger partial charge on any atom is 0.263 e. The first-order valence-electron chi connectivity index (χ1n) is 4.67. The van der Waals surface area contributed by atoms with Gasteiger partial charge in [-0.15, -0.1) is 0 Å². The lowest BCUT2D eigenvalue weighted by Gasteiger charge is -2.07. The normalized spacial score (nSPS) is 11.2. The number of nitrogens with one attached hydrogen (secondary N) is 1. The number of hydrogen-bond donors (Lipinski definition) is 2. The molecule has 1 aromatic heterocycles. The number of nitrogens with two attached hydrogens (primary N) is 1. The molecule has 100 valence electrons. The Morgan fingerprint density at radius 1 is 1.47 bits per heavy atom.